The van der Waals surface area contributed by atoms with E-state index in [-0.39, 0.29) is 0 Å². The quantitative estimate of drug-likeness (QED) is 0.695. The predicted octanol–water partition coefficient (Wildman–Crippen LogP) is 2.25. The van der Waals surface area contributed by atoms with E-state index in [2.05, 4.69) is 17.0 Å². The van der Waals surface area contributed by atoms with E-state index in [4.69, 9.17) is 0 Å². The maximum absolute atomic E-state index is 4.41. The molecule has 0 aliphatic heterocycles. The molecule has 0 aliphatic carbocycles. The Morgan fingerprint density at radius 2 is 2.08 bits per heavy atom. The molecule has 0 fully saturated rings. The van der Waals surface area contributed by atoms with E-state index >= 15 is 0 Å². The van der Waals surface area contributed by atoms with Gasteiger partial charge < -0.3 is 0 Å². The van der Waals surface area contributed by atoms with Gasteiger partial charge >= 0.3 is 0 Å². The molecule has 0 bridgehead atoms. The summed E-state index contributed by atoms with van der Waals surface area (Å²) in [6, 6.07) is 1.98. The van der Waals surface area contributed by atoms with E-state index in [1.807, 2.05) is 30.8 Å². The molecule has 2 aromatic heterocycles. The minimum absolute atomic E-state index is 0.947. The Bertz CT molecular complexity index is 408. The molecular formula is C9H11N3S. The average Bonchev–Trinajstić information content (AvgIpc) is 2.61. The highest BCUT2D eigenvalue weighted by molar-refractivity contribution is 7.14. The van der Waals surface area contributed by atoms with Gasteiger partial charge in [-0.2, -0.15) is 5.10 Å². The fraction of sp³-hybridized carbons (Fsp3) is 0.333. The maximum Gasteiger partial charge on any atom is 0.210 e. The number of nitrogens with zero attached hydrogens (tertiary/aromatic N) is 3. The van der Waals surface area contributed by atoms with Gasteiger partial charge in [0.15, 0.2) is 0 Å². The van der Waals surface area contributed by atoms with Gasteiger partial charge in [0.2, 0.25) is 5.13 Å². The van der Waals surface area contributed by atoms with Crippen molar-refractivity contribution in [2.24, 2.45) is 0 Å². The smallest absolute Gasteiger partial charge is 0.210 e. The van der Waals surface area contributed by atoms with Gasteiger partial charge in [-0.05, 0) is 26.8 Å². The Balaban J connectivity index is 2.46. The zero-order chi connectivity index (χ0) is 9.42. The van der Waals surface area contributed by atoms with Crippen molar-refractivity contribution in [3.05, 3.63) is 28.5 Å². The van der Waals surface area contributed by atoms with E-state index in [9.17, 15) is 0 Å². The monoisotopic (exact) mass is 193 g/mol. The van der Waals surface area contributed by atoms with Gasteiger partial charge in [-0.3, -0.25) is 0 Å². The van der Waals surface area contributed by atoms with Gasteiger partial charge in [0, 0.05) is 11.1 Å². The van der Waals surface area contributed by atoms with Crippen molar-refractivity contribution in [3.63, 3.8) is 0 Å². The number of hydrogen-bond acceptors (Lipinski definition) is 3. The summed E-state index contributed by atoms with van der Waals surface area (Å²) < 4.78 is 1.82. The van der Waals surface area contributed by atoms with Crippen LogP contribution in [0.25, 0.3) is 5.13 Å². The van der Waals surface area contributed by atoms with Crippen molar-refractivity contribution in [3.8, 4) is 5.13 Å². The number of aromatic nitrogens is 3. The molecule has 0 aromatic carbocycles. The van der Waals surface area contributed by atoms with Crippen LogP contribution in [0.15, 0.2) is 12.3 Å². The third-order valence-corrected chi connectivity index (χ3v) is 3.00. The molecule has 0 N–H and O–H groups in total. The van der Waals surface area contributed by atoms with Crippen LogP contribution in [-0.4, -0.2) is 14.8 Å². The van der Waals surface area contributed by atoms with Crippen molar-refractivity contribution in [2.75, 3.05) is 0 Å². The van der Waals surface area contributed by atoms with Gasteiger partial charge in [-0.1, -0.05) is 11.3 Å². The van der Waals surface area contributed by atoms with Crippen molar-refractivity contribution in [1.29, 1.82) is 0 Å². The molecule has 2 heterocycles. The second kappa shape index (κ2) is 2.96. The fourth-order valence-corrected chi connectivity index (χ4v) is 1.92. The van der Waals surface area contributed by atoms with E-state index in [0.29, 0.717) is 0 Å². The molecule has 0 aliphatic rings. The summed E-state index contributed by atoms with van der Waals surface area (Å²) in [6.07, 6.45) is 1.94. The van der Waals surface area contributed by atoms with Crippen LogP contribution in [0.4, 0.5) is 0 Å². The first-order valence-electron chi connectivity index (χ1n) is 4.13. The third-order valence-electron chi connectivity index (χ3n) is 1.94. The summed E-state index contributed by atoms with van der Waals surface area (Å²) in [5, 5.41) is 5.25. The van der Waals surface area contributed by atoms with Crippen molar-refractivity contribution in [2.45, 2.75) is 20.8 Å². The fourth-order valence-electron chi connectivity index (χ4n) is 1.08. The summed E-state index contributed by atoms with van der Waals surface area (Å²) in [6.45, 7) is 6.07. The molecule has 2 aromatic rings. The first kappa shape index (κ1) is 8.44. The molecule has 13 heavy (non-hydrogen) atoms. The topological polar surface area (TPSA) is 30.7 Å². The maximum atomic E-state index is 4.41. The highest BCUT2D eigenvalue weighted by Gasteiger charge is 2.05. The lowest BCUT2D eigenvalue weighted by Crippen LogP contribution is -1.93. The lowest BCUT2D eigenvalue weighted by Gasteiger charge is -1.91. The van der Waals surface area contributed by atoms with E-state index in [0.717, 1.165) is 16.5 Å². The first-order chi connectivity index (χ1) is 6.16. The Morgan fingerprint density at radius 1 is 1.31 bits per heavy atom. The summed E-state index contributed by atoms with van der Waals surface area (Å²) in [7, 11) is 0. The Kier molecular flexibility index (Phi) is 1.92. The van der Waals surface area contributed by atoms with Crippen LogP contribution in [0.2, 0.25) is 0 Å². The SMILES string of the molecule is Cc1ccn(-c2nc(C)c(C)s2)n1. The minimum Gasteiger partial charge on any atom is -0.223 e. The van der Waals surface area contributed by atoms with Gasteiger partial charge in [0.25, 0.3) is 0 Å². The summed E-state index contributed by atoms with van der Waals surface area (Å²) in [5.74, 6) is 0. The van der Waals surface area contributed by atoms with Crippen LogP contribution in [0.1, 0.15) is 16.3 Å². The molecule has 0 saturated heterocycles. The van der Waals surface area contributed by atoms with Crippen molar-refractivity contribution < 1.29 is 0 Å². The molecule has 68 valence electrons. The molecule has 3 nitrogen and oxygen atoms in total. The molecule has 0 atom stereocenters. The normalized spacial score (nSPS) is 10.7. The second-order valence-corrected chi connectivity index (χ2v) is 4.22. The largest absolute Gasteiger partial charge is 0.223 e. The lowest BCUT2D eigenvalue weighted by molar-refractivity contribution is 0.849. The molecular weight excluding hydrogens is 182 g/mol. The zero-order valence-electron chi connectivity index (χ0n) is 7.90. The molecule has 4 heteroatoms. The first-order valence-corrected chi connectivity index (χ1v) is 4.95. The number of thiazole rings is 1. The van der Waals surface area contributed by atoms with Crippen LogP contribution in [0, 0.1) is 20.8 Å². The van der Waals surface area contributed by atoms with Gasteiger partial charge in [0.05, 0.1) is 11.4 Å². The van der Waals surface area contributed by atoms with E-state index in [1.54, 1.807) is 11.3 Å². The summed E-state index contributed by atoms with van der Waals surface area (Å²) >= 11 is 1.67. The van der Waals surface area contributed by atoms with E-state index in [1.165, 1.54) is 4.88 Å². The molecule has 0 radical (unpaired) electrons. The Morgan fingerprint density at radius 3 is 2.54 bits per heavy atom. The van der Waals surface area contributed by atoms with Crippen molar-refractivity contribution >= 4 is 11.3 Å². The van der Waals surface area contributed by atoms with Gasteiger partial charge in [0.1, 0.15) is 0 Å². The average molecular weight is 193 g/mol. The van der Waals surface area contributed by atoms with Crippen molar-refractivity contribution in [1.82, 2.24) is 14.8 Å². The second-order valence-electron chi connectivity index (χ2n) is 3.04. The highest BCUT2D eigenvalue weighted by atomic mass is 32.1. The molecule has 2 rings (SSSR count). The van der Waals surface area contributed by atoms with Crippen LogP contribution in [0.5, 0.6) is 0 Å². The molecule has 0 amide bonds. The van der Waals surface area contributed by atoms with Gasteiger partial charge in [-0.15, -0.1) is 0 Å². The molecule has 0 spiro atoms. The van der Waals surface area contributed by atoms with Crippen LogP contribution in [-0.2, 0) is 0 Å². The predicted molar refractivity (Wildman–Crippen MR) is 53.4 cm³/mol. The van der Waals surface area contributed by atoms with Crippen LogP contribution >= 0.6 is 11.3 Å². The Labute approximate surface area is 81.1 Å². The number of hydrogen-bond donors (Lipinski definition) is 0. The highest BCUT2D eigenvalue weighted by Crippen LogP contribution is 2.19. The van der Waals surface area contributed by atoms with E-state index < -0.39 is 0 Å². The van der Waals surface area contributed by atoms with Crippen LogP contribution in [0.3, 0.4) is 0 Å². The number of aryl methyl sites for hydroxylation is 3. The lowest BCUT2D eigenvalue weighted by atomic mass is 10.4. The molecule has 0 saturated carbocycles. The van der Waals surface area contributed by atoms with Gasteiger partial charge in [-0.25, -0.2) is 9.67 Å². The zero-order valence-corrected chi connectivity index (χ0v) is 8.72. The molecule has 0 unspecified atom stereocenters. The third kappa shape index (κ3) is 1.49. The summed E-state index contributed by atoms with van der Waals surface area (Å²) in [4.78, 5) is 5.67. The summed E-state index contributed by atoms with van der Waals surface area (Å²) in [5.41, 5.74) is 2.11. The minimum atomic E-state index is 0.947. The Hall–Kier alpha value is -1.16. The number of rotatable bonds is 1. The van der Waals surface area contributed by atoms with Crippen LogP contribution < -0.4 is 0 Å². The standard InChI is InChI=1S/C9H11N3S/c1-6-4-5-12(11-6)9-10-7(2)8(3)13-9/h4-5H,1-3H3.